The van der Waals surface area contributed by atoms with Crippen molar-refractivity contribution in [2.75, 3.05) is 13.2 Å². The van der Waals surface area contributed by atoms with Crippen LogP contribution in [0.2, 0.25) is 5.04 Å². The molecule has 0 bridgehead atoms. The molecule has 0 fully saturated rings. The summed E-state index contributed by atoms with van der Waals surface area (Å²) in [6.07, 6.45) is 0. The molecule has 3 nitrogen and oxygen atoms in total. The summed E-state index contributed by atoms with van der Waals surface area (Å²) in [6.45, 7) is 11.9. The predicted octanol–water partition coefficient (Wildman–Crippen LogP) is 4.97. The second-order valence-corrected chi connectivity index (χ2v) is 13.4. The van der Waals surface area contributed by atoms with Crippen molar-refractivity contribution < 1.29 is 9.16 Å². The first-order valence-electron chi connectivity index (χ1n) is 11.0. The minimum absolute atomic E-state index is 0.0463. The second-order valence-electron chi connectivity index (χ2n) is 9.14. The Morgan fingerprint density at radius 2 is 1.35 bits per heavy atom. The van der Waals surface area contributed by atoms with Gasteiger partial charge in [0, 0.05) is 11.6 Å². The maximum absolute atomic E-state index is 6.91. The molecule has 0 unspecified atom stereocenters. The van der Waals surface area contributed by atoms with Gasteiger partial charge in [0.05, 0.1) is 6.61 Å². The van der Waals surface area contributed by atoms with Gasteiger partial charge in [0.2, 0.25) is 0 Å². The van der Waals surface area contributed by atoms with Gasteiger partial charge in [-0.1, -0.05) is 99.6 Å². The Kier molecular flexibility index (Phi) is 7.37. The Balaban J connectivity index is 1.90. The number of para-hydroxylation sites is 1. The van der Waals surface area contributed by atoms with Gasteiger partial charge in [-0.2, -0.15) is 0 Å². The summed E-state index contributed by atoms with van der Waals surface area (Å²) in [5.41, 5.74) is 8.29. The molecule has 3 aromatic carbocycles. The van der Waals surface area contributed by atoms with E-state index in [1.54, 1.807) is 0 Å². The lowest BCUT2D eigenvalue weighted by Crippen LogP contribution is -2.66. The molecule has 0 amide bonds. The average Bonchev–Trinajstić information content (AvgIpc) is 2.75. The maximum atomic E-state index is 6.91. The van der Waals surface area contributed by atoms with Crippen LogP contribution in [0.25, 0.3) is 0 Å². The van der Waals surface area contributed by atoms with Gasteiger partial charge in [0.15, 0.2) is 0 Å². The average molecular weight is 434 g/mol. The summed E-state index contributed by atoms with van der Waals surface area (Å²) >= 11 is 0. The molecular formula is C27H35NO2Si. The smallest absolute Gasteiger partial charge is 0.261 e. The summed E-state index contributed by atoms with van der Waals surface area (Å²) in [5.74, 6) is 0.878. The molecule has 164 valence electrons. The minimum atomic E-state index is -2.54. The van der Waals surface area contributed by atoms with Crippen LogP contribution in [0.4, 0.5) is 0 Å². The van der Waals surface area contributed by atoms with Crippen LogP contribution in [-0.4, -0.2) is 21.5 Å². The standard InChI is InChI=1S/C27H35NO2Si/c1-21-13-12-18-25(22(2)28)26(21)29-19-20-30-31(27(3,4)5,23-14-8-6-9-15-23)24-16-10-7-11-17-24/h6-18,22H,19-20,28H2,1-5H3/t22-/m1/s1. The molecule has 3 rings (SSSR count). The molecule has 0 saturated heterocycles. The number of hydrogen-bond acceptors (Lipinski definition) is 3. The summed E-state index contributed by atoms with van der Waals surface area (Å²) < 4.78 is 13.1. The van der Waals surface area contributed by atoms with Crippen molar-refractivity contribution in [1.82, 2.24) is 0 Å². The molecule has 0 saturated carbocycles. The third-order valence-corrected chi connectivity index (χ3v) is 10.8. The Bertz CT molecular complexity index is 926. The highest BCUT2D eigenvalue weighted by Gasteiger charge is 2.50. The van der Waals surface area contributed by atoms with Crippen LogP contribution in [-0.2, 0) is 4.43 Å². The Morgan fingerprint density at radius 1 is 0.806 bits per heavy atom. The van der Waals surface area contributed by atoms with Gasteiger partial charge < -0.3 is 14.9 Å². The van der Waals surface area contributed by atoms with Gasteiger partial charge in [-0.15, -0.1) is 0 Å². The maximum Gasteiger partial charge on any atom is 0.261 e. The van der Waals surface area contributed by atoms with Gasteiger partial charge in [-0.05, 0) is 34.8 Å². The zero-order valence-corrected chi connectivity index (χ0v) is 20.4. The zero-order valence-electron chi connectivity index (χ0n) is 19.4. The highest BCUT2D eigenvalue weighted by atomic mass is 28.4. The summed E-state index contributed by atoms with van der Waals surface area (Å²) in [7, 11) is -2.54. The molecule has 0 aromatic heterocycles. The lowest BCUT2D eigenvalue weighted by Gasteiger charge is -2.43. The number of benzene rings is 3. The summed E-state index contributed by atoms with van der Waals surface area (Å²) in [6, 6.07) is 27.4. The molecule has 0 radical (unpaired) electrons. The van der Waals surface area contributed by atoms with Crippen molar-refractivity contribution in [3.63, 3.8) is 0 Å². The van der Waals surface area contributed by atoms with Crippen LogP contribution in [0.3, 0.4) is 0 Å². The first-order chi connectivity index (χ1) is 14.8. The van der Waals surface area contributed by atoms with Gasteiger partial charge in [0.25, 0.3) is 8.32 Å². The first kappa shape index (κ1) is 23.3. The fourth-order valence-electron chi connectivity index (χ4n) is 4.33. The summed E-state index contributed by atoms with van der Waals surface area (Å²) in [4.78, 5) is 0. The van der Waals surface area contributed by atoms with E-state index in [4.69, 9.17) is 14.9 Å². The fraction of sp³-hybridized carbons (Fsp3) is 0.333. The van der Waals surface area contributed by atoms with Gasteiger partial charge >= 0.3 is 0 Å². The lowest BCUT2D eigenvalue weighted by atomic mass is 10.0. The van der Waals surface area contributed by atoms with Crippen molar-refractivity contribution in [3.05, 3.63) is 90.0 Å². The topological polar surface area (TPSA) is 44.5 Å². The molecule has 0 spiro atoms. The number of rotatable bonds is 8. The van der Waals surface area contributed by atoms with E-state index in [0.29, 0.717) is 13.2 Å². The van der Waals surface area contributed by atoms with Crippen molar-refractivity contribution in [2.45, 2.75) is 45.7 Å². The third kappa shape index (κ3) is 4.92. The Labute approximate surface area is 188 Å². The molecular weight excluding hydrogens is 398 g/mol. The molecule has 1 atom stereocenters. The van der Waals surface area contributed by atoms with E-state index in [0.717, 1.165) is 16.9 Å². The van der Waals surface area contributed by atoms with Crippen molar-refractivity contribution >= 4 is 18.7 Å². The fourth-order valence-corrected chi connectivity index (χ4v) is 8.88. The Morgan fingerprint density at radius 3 is 1.84 bits per heavy atom. The van der Waals surface area contributed by atoms with E-state index in [1.165, 1.54) is 10.4 Å². The number of nitrogens with two attached hydrogens (primary N) is 1. The largest absolute Gasteiger partial charge is 0.491 e. The number of aryl methyl sites for hydroxylation is 1. The van der Waals surface area contributed by atoms with Gasteiger partial charge in [0.1, 0.15) is 12.4 Å². The molecule has 0 aliphatic rings. The van der Waals surface area contributed by atoms with Crippen LogP contribution in [0.15, 0.2) is 78.9 Å². The van der Waals surface area contributed by atoms with Crippen LogP contribution >= 0.6 is 0 Å². The minimum Gasteiger partial charge on any atom is -0.491 e. The van der Waals surface area contributed by atoms with Crippen molar-refractivity contribution in [1.29, 1.82) is 0 Å². The SMILES string of the molecule is Cc1cccc([C@@H](C)N)c1OCCO[Si](c1ccccc1)(c1ccccc1)C(C)(C)C. The number of hydrogen-bond donors (Lipinski definition) is 1. The van der Waals surface area contributed by atoms with E-state index in [-0.39, 0.29) is 11.1 Å². The summed E-state index contributed by atoms with van der Waals surface area (Å²) in [5, 5.41) is 2.51. The molecule has 2 N–H and O–H groups in total. The van der Waals surface area contributed by atoms with Crippen molar-refractivity contribution in [2.24, 2.45) is 5.73 Å². The molecule has 31 heavy (non-hydrogen) atoms. The highest BCUT2D eigenvalue weighted by molar-refractivity contribution is 6.99. The highest BCUT2D eigenvalue weighted by Crippen LogP contribution is 2.36. The Hall–Kier alpha value is -2.40. The second kappa shape index (κ2) is 9.82. The molecule has 0 aliphatic heterocycles. The normalized spacial score (nSPS) is 13.1. The van der Waals surface area contributed by atoms with Crippen LogP contribution in [0, 0.1) is 6.92 Å². The van der Waals surface area contributed by atoms with E-state index < -0.39 is 8.32 Å². The van der Waals surface area contributed by atoms with Crippen LogP contribution in [0.5, 0.6) is 5.75 Å². The van der Waals surface area contributed by atoms with E-state index in [1.807, 2.05) is 19.1 Å². The van der Waals surface area contributed by atoms with Gasteiger partial charge in [-0.3, -0.25) is 0 Å². The molecule has 0 aliphatic carbocycles. The first-order valence-corrected chi connectivity index (χ1v) is 12.9. The third-order valence-electron chi connectivity index (χ3n) is 5.80. The molecule has 0 heterocycles. The van der Waals surface area contributed by atoms with E-state index in [9.17, 15) is 0 Å². The van der Waals surface area contributed by atoms with E-state index >= 15 is 0 Å². The number of ether oxygens (including phenoxy) is 1. The van der Waals surface area contributed by atoms with E-state index in [2.05, 4.69) is 94.4 Å². The monoisotopic (exact) mass is 433 g/mol. The zero-order chi connectivity index (χ0) is 22.5. The molecule has 4 heteroatoms. The van der Waals surface area contributed by atoms with Crippen LogP contribution < -0.4 is 20.8 Å². The van der Waals surface area contributed by atoms with Crippen molar-refractivity contribution in [3.8, 4) is 5.75 Å². The molecule has 3 aromatic rings. The van der Waals surface area contributed by atoms with Crippen LogP contribution in [0.1, 0.15) is 44.9 Å². The lowest BCUT2D eigenvalue weighted by molar-refractivity contribution is 0.206. The predicted molar refractivity (Wildman–Crippen MR) is 133 cm³/mol. The van der Waals surface area contributed by atoms with Gasteiger partial charge in [-0.25, -0.2) is 0 Å². The quantitative estimate of drug-likeness (QED) is 0.403.